The monoisotopic (exact) mass is 278 g/mol. The standard InChI is InChI=1S/C11H10ClF3N2O/c1-2-5-16-10(18)17-7-3-4-9(12)8(6-7)11(13,14)15/h2-4,6H,1,5H2,(H2,16,17,18). The maximum absolute atomic E-state index is 12.5. The van der Waals surface area contributed by atoms with Crippen LogP contribution >= 0.6 is 11.6 Å². The van der Waals surface area contributed by atoms with Gasteiger partial charge in [-0.3, -0.25) is 0 Å². The number of anilines is 1. The van der Waals surface area contributed by atoms with E-state index < -0.39 is 22.8 Å². The number of urea groups is 1. The van der Waals surface area contributed by atoms with Crippen molar-refractivity contribution in [3.05, 3.63) is 41.4 Å². The molecule has 1 rings (SSSR count). The molecule has 0 spiro atoms. The van der Waals surface area contributed by atoms with Gasteiger partial charge in [0.2, 0.25) is 0 Å². The van der Waals surface area contributed by atoms with Crippen LogP contribution in [0.2, 0.25) is 5.02 Å². The van der Waals surface area contributed by atoms with Gasteiger partial charge in [0.15, 0.2) is 0 Å². The Kier molecular flexibility index (Phi) is 4.61. The van der Waals surface area contributed by atoms with Crippen molar-refractivity contribution in [2.45, 2.75) is 6.18 Å². The Labute approximate surface area is 107 Å². The number of hydrogen-bond acceptors (Lipinski definition) is 1. The summed E-state index contributed by atoms with van der Waals surface area (Å²) in [5.41, 5.74) is -0.987. The van der Waals surface area contributed by atoms with Crippen LogP contribution < -0.4 is 10.6 Å². The molecule has 0 heterocycles. The molecule has 1 aromatic carbocycles. The molecule has 0 aliphatic heterocycles. The predicted octanol–water partition coefficient (Wildman–Crippen LogP) is 3.67. The number of benzene rings is 1. The highest BCUT2D eigenvalue weighted by Gasteiger charge is 2.33. The van der Waals surface area contributed by atoms with Crippen molar-refractivity contribution >= 4 is 23.3 Å². The van der Waals surface area contributed by atoms with Gasteiger partial charge in [-0.1, -0.05) is 17.7 Å². The fourth-order valence-electron chi connectivity index (χ4n) is 1.16. The van der Waals surface area contributed by atoms with Gasteiger partial charge in [0.05, 0.1) is 10.6 Å². The average Bonchev–Trinajstić information content (AvgIpc) is 2.27. The third-order valence-electron chi connectivity index (χ3n) is 1.94. The van der Waals surface area contributed by atoms with E-state index in [9.17, 15) is 18.0 Å². The first-order valence-electron chi connectivity index (χ1n) is 4.87. The molecule has 2 amide bonds. The van der Waals surface area contributed by atoms with Crippen LogP contribution in [-0.4, -0.2) is 12.6 Å². The van der Waals surface area contributed by atoms with E-state index >= 15 is 0 Å². The molecule has 3 nitrogen and oxygen atoms in total. The number of rotatable bonds is 3. The van der Waals surface area contributed by atoms with Crippen LogP contribution in [0, 0.1) is 0 Å². The lowest BCUT2D eigenvalue weighted by atomic mass is 10.2. The number of halogens is 4. The molecule has 0 saturated carbocycles. The fraction of sp³-hybridized carbons (Fsp3) is 0.182. The van der Waals surface area contributed by atoms with Crippen LogP contribution in [0.3, 0.4) is 0 Å². The van der Waals surface area contributed by atoms with E-state index in [1.807, 2.05) is 0 Å². The number of hydrogen-bond donors (Lipinski definition) is 2. The summed E-state index contributed by atoms with van der Waals surface area (Å²) in [6.45, 7) is 3.60. The van der Waals surface area contributed by atoms with Crippen LogP contribution in [0.15, 0.2) is 30.9 Å². The minimum Gasteiger partial charge on any atom is -0.334 e. The van der Waals surface area contributed by atoms with Crippen LogP contribution in [0.4, 0.5) is 23.7 Å². The average molecular weight is 279 g/mol. The van der Waals surface area contributed by atoms with Gasteiger partial charge in [0.25, 0.3) is 0 Å². The van der Waals surface area contributed by atoms with Crippen LogP contribution in [0.5, 0.6) is 0 Å². The van der Waals surface area contributed by atoms with E-state index in [4.69, 9.17) is 11.6 Å². The Hall–Kier alpha value is -1.69. The molecule has 0 unspecified atom stereocenters. The Morgan fingerprint density at radius 1 is 1.44 bits per heavy atom. The molecule has 0 atom stereocenters. The summed E-state index contributed by atoms with van der Waals surface area (Å²) in [6.07, 6.45) is -3.12. The van der Waals surface area contributed by atoms with Gasteiger partial charge in [-0.05, 0) is 18.2 Å². The molecular formula is C11H10ClF3N2O. The number of nitrogens with one attached hydrogen (secondary N) is 2. The van der Waals surface area contributed by atoms with E-state index in [1.54, 1.807) is 0 Å². The molecular weight excluding hydrogens is 269 g/mol. The zero-order valence-electron chi connectivity index (χ0n) is 9.14. The summed E-state index contributed by atoms with van der Waals surface area (Å²) in [5, 5.41) is 4.21. The molecule has 0 fully saturated rings. The van der Waals surface area contributed by atoms with Crippen molar-refractivity contribution in [3.63, 3.8) is 0 Å². The van der Waals surface area contributed by atoms with Crippen LogP contribution in [-0.2, 0) is 6.18 Å². The highest BCUT2D eigenvalue weighted by molar-refractivity contribution is 6.31. The van der Waals surface area contributed by atoms with Crippen molar-refractivity contribution in [2.75, 3.05) is 11.9 Å². The molecule has 18 heavy (non-hydrogen) atoms. The number of amides is 2. The molecule has 0 saturated heterocycles. The van der Waals surface area contributed by atoms with Gasteiger partial charge in [-0.2, -0.15) is 13.2 Å². The molecule has 0 aliphatic carbocycles. The van der Waals surface area contributed by atoms with Gasteiger partial charge in [0, 0.05) is 12.2 Å². The quantitative estimate of drug-likeness (QED) is 0.814. The highest BCUT2D eigenvalue weighted by atomic mass is 35.5. The van der Waals surface area contributed by atoms with Gasteiger partial charge in [-0.25, -0.2) is 4.79 Å². The number of alkyl halides is 3. The summed E-state index contributed by atoms with van der Waals surface area (Å²) < 4.78 is 37.6. The molecule has 0 bridgehead atoms. The van der Waals surface area contributed by atoms with E-state index in [-0.39, 0.29) is 12.2 Å². The van der Waals surface area contributed by atoms with Crippen LogP contribution in [0.25, 0.3) is 0 Å². The second-order valence-electron chi connectivity index (χ2n) is 3.32. The summed E-state index contributed by atoms with van der Waals surface area (Å²) in [5.74, 6) is 0. The Morgan fingerprint density at radius 3 is 2.67 bits per heavy atom. The van der Waals surface area contributed by atoms with Crippen molar-refractivity contribution in [1.29, 1.82) is 0 Å². The molecule has 0 aliphatic rings. The molecule has 7 heteroatoms. The van der Waals surface area contributed by atoms with Gasteiger partial charge in [0.1, 0.15) is 0 Å². The first kappa shape index (κ1) is 14.4. The summed E-state index contributed by atoms with van der Waals surface area (Å²) >= 11 is 5.44. The smallest absolute Gasteiger partial charge is 0.334 e. The second kappa shape index (κ2) is 5.77. The van der Waals surface area contributed by atoms with Gasteiger partial charge < -0.3 is 10.6 Å². The lowest BCUT2D eigenvalue weighted by Gasteiger charge is -2.11. The first-order valence-corrected chi connectivity index (χ1v) is 5.25. The SMILES string of the molecule is C=CCNC(=O)Nc1ccc(Cl)c(C(F)(F)F)c1. The van der Waals surface area contributed by atoms with Gasteiger partial charge >= 0.3 is 12.2 Å². The third kappa shape index (κ3) is 3.96. The van der Waals surface area contributed by atoms with Gasteiger partial charge in [-0.15, -0.1) is 6.58 Å². The molecule has 1 aromatic rings. The highest BCUT2D eigenvalue weighted by Crippen LogP contribution is 2.36. The van der Waals surface area contributed by atoms with E-state index in [1.165, 1.54) is 12.1 Å². The van der Waals surface area contributed by atoms with Crippen molar-refractivity contribution in [2.24, 2.45) is 0 Å². The lowest BCUT2D eigenvalue weighted by Crippen LogP contribution is -2.28. The number of carbonyl (C=O) groups is 1. The van der Waals surface area contributed by atoms with Crippen molar-refractivity contribution in [3.8, 4) is 0 Å². The number of carbonyl (C=O) groups excluding carboxylic acids is 1. The third-order valence-corrected chi connectivity index (χ3v) is 2.27. The topological polar surface area (TPSA) is 41.1 Å². The minimum atomic E-state index is -4.56. The lowest BCUT2D eigenvalue weighted by molar-refractivity contribution is -0.137. The predicted molar refractivity (Wildman–Crippen MR) is 63.7 cm³/mol. The van der Waals surface area contributed by atoms with E-state index in [0.29, 0.717) is 0 Å². The Bertz CT molecular complexity index is 460. The molecule has 98 valence electrons. The largest absolute Gasteiger partial charge is 0.417 e. The van der Waals surface area contributed by atoms with E-state index in [0.717, 1.165) is 12.1 Å². The van der Waals surface area contributed by atoms with Crippen molar-refractivity contribution in [1.82, 2.24) is 5.32 Å². The molecule has 0 aromatic heterocycles. The summed E-state index contributed by atoms with van der Waals surface area (Å²) in [6, 6.07) is 2.51. The van der Waals surface area contributed by atoms with Crippen molar-refractivity contribution < 1.29 is 18.0 Å². The molecule has 2 N–H and O–H groups in total. The van der Waals surface area contributed by atoms with E-state index in [2.05, 4.69) is 17.2 Å². The second-order valence-corrected chi connectivity index (χ2v) is 3.72. The normalized spacial score (nSPS) is 10.9. The fourth-order valence-corrected chi connectivity index (χ4v) is 1.39. The minimum absolute atomic E-state index is 0.00767. The Balaban J connectivity index is 2.86. The summed E-state index contributed by atoms with van der Waals surface area (Å²) in [4.78, 5) is 11.2. The summed E-state index contributed by atoms with van der Waals surface area (Å²) in [7, 11) is 0. The first-order chi connectivity index (χ1) is 8.34. The maximum atomic E-state index is 12.5. The molecule has 0 radical (unpaired) electrons. The Morgan fingerprint density at radius 2 is 2.11 bits per heavy atom. The zero-order chi connectivity index (χ0) is 13.8. The maximum Gasteiger partial charge on any atom is 0.417 e. The zero-order valence-corrected chi connectivity index (χ0v) is 9.90. The van der Waals surface area contributed by atoms with Crippen LogP contribution in [0.1, 0.15) is 5.56 Å².